The Kier molecular flexibility index (Phi) is 7.71. The summed E-state index contributed by atoms with van der Waals surface area (Å²) in [4.78, 5) is 14.2. The van der Waals surface area contributed by atoms with E-state index in [-0.39, 0.29) is 5.91 Å². The van der Waals surface area contributed by atoms with Gasteiger partial charge in [0.15, 0.2) is 0 Å². The van der Waals surface area contributed by atoms with Gasteiger partial charge in [0.2, 0.25) is 0 Å². The van der Waals surface area contributed by atoms with Gasteiger partial charge in [0, 0.05) is 15.7 Å². The lowest BCUT2D eigenvalue weighted by molar-refractivity contribution is 0.0952. The molecule has 106 valence electrons. The Morgan fingerprint density at radius 2 is 2.05 bits per heavy atom. The Hall–Kier alpha value is -0.330. The summed E-state index contributed by atoms with van der Waals surface area (Å²) in [6.45, 7) is 8.11. The average Bonchev–Trinajstić information content (AvgIpc) is 2.42. The lowest BCUT2D eigenvalue weighted by Gasteiger charge is -2.17. The molecule has 0 aromatic heterocycles. The molecule has 19 heavy (non-hydrogen) atoms. The number of carbonyl (C=O) groups is 1. The summed E-state index contributed by atoms with van der Waals surface area (Å²) in [7, 11) is 0. The van der Waals surface area contributed by atoms with Gasteiger partial charge < -0.3 is 10.2 Å². The molecule has 0 bridgehead atoms. The van der Waals surface area contributed by atoms with Crippen molar-refractivity contribution in [1.29, 1.82) is 0 Å². The number of halogens is 2. The van der Waals surface area contributed by atoms with Crippen LogP contribution in [0.5, 0.6) is 0 Å². The molecular formula is C14H20ClIN2O. The van der Waals surface area contributed by atoms with Gasteiger partial charge in [-0.15, -0.1) is 0 Å². The molecule has 0 saturated carbocycles. The molecule has 5 heteroatoms. The average molecular weight is 395 g/mol. The van der Waals surface area contributed by atoms with Gasteiger partial charge in [-0.3, -0.25) is 4.79 Å². The summed E-state index contributed by atoms with van der Waals surface area (Å²) in [5, 5.41) is 3.54. The van der Waals surface area contributed by atoms with Gasteiger partial charge in [0.05, 0.1) is 5.02 Å². The van der Waals surface area contributed by atoms with Crippen molar-refractivity contribution in [2.45, 2.75) is 20.3 Å². The molecule has 0 radical (unpaired) electrons. The van der Waals surface area contributed by atoms with Crippen molar-refractivity contribution in [3.63, 3.8) is 0 Å². The van der Waals surface area contributed by atoms with Crippen LogP contribution < -0.4 is 5.32 Å². The maximum absolute atomic E-state index is 11.9. The van der Waals surface area contributed by atoms with Gasteiger partial charge in [0.1, 0.15) is 0 Å². The lowest BCUT2D eigenvalue weighted by atomic mass is 10.2. The quantitative estimate of drug-likeness (QED) is 0.568. The summed E-state index contributed by atoms with van der Waals surface area (Å²) < 4.78 is 0.956. The molecule has 0 saturated heterocycles. The first-order valence-electron chi connectivity index (χ1n) is 6.54. The fourth-order valence-corrected chi connectivity index (χ4v) is 2.30. The summed E-state index contributed by atoms with van der Waals surface area (Å²) >= 11 is 8.15. The van der Waals surface area contributed by atoms with E-state index in [9.17, 15) is 4.79 Å². The zero-order valence-corrected chi connectivity index (χ0v) is 14.3. The van der Waals surface area contributed by atoms with Crippen molar-refractivity contribution in [2.75, 3.05) is 26.2 Å². The van der Waals surface area contributed by atoms with Crippen LogP contribution in [-0.2, 0) is 0 Å². The first-order chi connectivity index (χ1) is 9.08. The smallest absolute Gasteiger partial charge is 0.251 e. The van der Waals surface area contributed by atoms with Gasteiger partial charge in [-0.25, -0.2) is 0 Å². The molecule has 1 aromatic rings. The molecule has 1 N–H and O–H groups in total. The van der Waals surface area contributed by atoms with E-state index in [1.54, 1.807) is 12.1 Å². The van der Waals surface area contributed by atoms with E-state index in [0.717, 1.165) is 29.6 Å². The topological polar surface area (TPSA) is 32.3 Å². The van der Waals surface area contributed by atoms with Crippen molar-refractivity contribution in [3.8, 4) is 0 Å². The van der Waals surface area contributed by atoms with Gasteiger partial charge in [-0.2, -0.15) is 0 Å². The largest absolute Gasteiger partial charge is 0.352 e. The Labute approximate surface area is 133 Å². The minimum absolute atomic E-state index is 0.0575. The zero-order valence-electron chi connectivity index (χ0n) is 11.4. The molecule has 1 rings (SSSR count). The summed E-state index contributed by atoms with van der Waals surface area (Å²) in [6.07, 6.45) is 0.964. The number of benzene rings is 1. The van der Waals surface area contributed by atoms with Crippen LogP contribution in [0.3, 0.4) is 0 Å². The highest BCUT2D eigenvalue weighted by Gasteiger charge is 2.07. The normalized spacial score (nSPS) is 10.8. The standard InChI is InChI=1S/C14H20ClIN2O/c1-3-18(4-2)9-5-8-17-14(19)11-6-7-13(16)12(15)10-11/h6-7,10H,3-5,8-9H2,1-2H3,(H,17,19). The molecule has 3 nitrogen and oxygen atoms in total. The number of hydrogen-bond acceptors (Lipinski definition) is 2. The van der Waals surface area contributed by atoms with Gasteiger partial charge >= 0.3 is 0 Å². The highest BCUT2D eigenvalue weighted by Crippen LogP contribution is 2.19. The van der Waals surface area contributed by atoms with E-state index in [0.29, 0.717) is 17.1 Å². The number of rotatable bonds is 7. The number of nitrogens with one attached hydrogen (secondary N) is 1. The molecule has 1 aromatic carbocycles. The third-order valence-corrected chi connectivity index (χ3v) is 4.59. The molecule has 1 amide bonds. The van der Waals surface area contributed by atoms with E-state index in [1.807, 2.05) is 6.07 Å². The van der Waals surface area contributed by atoms with E-state index in [1.165, 1.54) is 0 Å². The van der Waals surface area contributed by atoms with Crippen molar-refractivity contribution >= 4 is 40.1 Å². The fourth-order valence-electron chi connectivity index (χ4n) is 1.78. The fraction of sp³-hybridized carbons (Fsp3) is 0.500. The van der Waals surface area contributed by atoms with E-state index in [4.69, 9.17) is 11.6 Å². The van der Waals surface area contributed by atoms with Crippen LogP contribution in [0.25, 0.3) is 0 Å². The highest BCUT2D eigenvalue weighted by atomic mass is 127. The predicted molar refractivity (Wildman–Crippen MR) is 88.9 cm³/mol. The number of carbonyl (C=O) groups excluding carboxylic acids is 1. The minimum atomic E-state index is -0.0575. The first kappa shape index (κ1) is 16.7. The van der Waals surface area contributed by atoms with Gasteiger partial charge in [-0.1, -0.05) is 25.4 Å². The summed E-state index contributed by atoms with van der Waals surface area (Å²) in [5.41, 5.74) is 0.619. The highest BCUT2D eigenvalue weighted by molar-refractivity contribution is 14.1. The predicted octanol–water partition coefficient (Wildman–Crippen LogP) is 3.41. The summed E-state index contributed by atoms with van der Waals surface area (Å²) in [5.74, 6) is -0.0575. The molecule has 0 fully saturated rings. The molecular weight excluding hydrogens is 375 g/mol. The van der Waals surface area contributed by atoms with Crippen molar-refractivity contribution in [3.05, 3.63) is 32.4 Å². The molecule has 0 unspecified atom stereocenters. The number of nitrogens with zero attached hydrogens (tertiary/aromatic N) is 1. The number of hydrogen-bond donors (Lipinski definition) is 1. The van der Waals surface area contributed by atoms with Crippen LogP contribution in [0.2, 0.25) is 5.02 Å². The second-order valence-electron chi connectivity index (χ2n) is 4.27. The van der Waals surface area contributed by atoms with E-state index >= 15 is 0 Å². The molecule has 0 aliphatic heterocycles. The van der Waals surface area contributed by atoms with Crippen LogP contribution in [0.4, 0.5) is 0 Å². The minimum Gasteiger partial charge on any atom is -0.352 e. The Bertz CT molecular complexity index is 422. The van der Waals surface area contributed by atoms with Crippen molar-refractivity contribution < 1.29 is 4.79 Å². The molecule has 0 aliphatic carbocycles. The van der Waals surface area contributed by atoms with Crippen LogP contribution >= 0.6 is 34.2 Å². The molecule has 0 heterocycles. The maximum atomic E-state index is 11.9. The van der Waals surface area contributed by atoms with Crippen LogP contribution in [0.15, 0.2) is 18.2 Å². The summed E-state index contributed by atoms with van der Waals surface area (Å²) in [6, 6.07) is 5.37. The Balaban J connectivity index is 2.37. The monoisotopic (exact) mass is 394 g/mol. The molecule has 0 atom stereocenters. The van der Waals surface area contributed by atoms with Crippen LogP contribution in [0.1, 0.15) is 30.6 Å². The molecule has 0 aliphatic rings. The zero-order chi connectivity index (χ0) is 14.3. The Morgan fingerprint density at radius 1 is 1.37 bits per heavy atom. The van der Waals surface area contributed by atoms with Crippen LogP contribution in [0, 0.1) is 3.57 Å². The third-order valence-electron chi connectivity index (χ3n) is 3.01. The van der Waals surface area contributed by atoms with Gasteiger partial charge in [0.25, 0.3) is 5.91 Å². The third kappa shape index (κ3) is 5.67. The second kappa shape index (κ2) is 8.76. The molecule has 0 spiro atoms. The van der Waals surface area contributed by atoms with Crippen molar-refractivity contribution in [1.82, 2.24) is 10.2 Å². The SMILES string of the molecule is CCN(CC)CCCNC(=O)c1ccc(I)c(Cl)c1. The van der Waals surface area contributed by atoms with E-state index < -0.39 is 0 Å². The van der Waals surface area contributed by atoms with E-state index in [2.05, 4.69) is 46.7 Å². The second-order valence-corrected chi connectivity index (χ2v) is 5.83. The number of amides is 1. The maximum Gasteiger partial charge on any atom is 0.251 e. The Morgan fingerprint density at radius 3 is 2.63 bits per heavy atom. The lowest BCUT2D eigenvalue weighted by Crippen LogP contribution is -2.29. The van der Waals surface area contributed by atoms with Gasteiger partial charge in [-0.05, 0) is 66.8 Å². The first-order valence-corrected chi connectivity index (χ1v) is 7.99. The van der Waals surface area contributed by atoms with Crippen LogP contribution in [-0.4, -0.2) is 37.0 Å². The van der Waals surface area contributed by atoms with Crippen molar-refractivity contribution in [2.24, 2.45) is 0 Å².